The third kappa shape index (κ3) is 3.80. The summed E-state index contributed by atoms with van der Waals surface area (Å²) in [5.41, 5.74) is 0.481. The SMILES string of the molecule is CC1CCCC(NC(=O)Cc2ccccc2[N+](=O)[O-])C1C. The summed E-state index contributed by atoms with van der Waals surface area (Å²) in [6.45, 7) is 4.38. The summed E-state index contributed by atoms with van der Waals surface area (Å²) in [4.78, 5) is 22.7. The molecule has 3 atom stereocenters. The fraction of sp³-hybridized carbons (Fsp3) is 0.562. The molecule has 1 aromatic rings. The fourth-order valence-corrected chi connectivity index (χ4v) is 3.05. The quantitative estimate of drug-likeness (QED) is 0.684. The van der Waals surface area contributed by atoms with Gasteiger partial charge in [0.1, 0.15) is 0 Å². The lowest BCUT2D eigenvalue weighted by Crippen LogP contribution is -2.44. The molecular formula is C16H22N2O3. The van der Waals surface area contributed by atoms with Gasteiger partial charge in [-0.25, -0.2) is 0 Å². The lowest BCUT2D eigenvalue weighted by atomic mass is 9.78. The second kappa shape index (κ2) is 6.70. The summed E-state index contributed by atoms with van der Waals surface area (Å²) in [6, 6.07) is 6.60. The molecule has 0 radical (unpaired) electrons. The minimum atomic E-state index is -0.437. The van der Waals surface area contributed by atoms with Gasteiger partial charge in [-0.1, -0.05) is 44.9 Å². The third-order valence-electron chi connectivity index (χ3n) is 4.59. The summed E-state index contributed by atoms with van der Waals surface area (Å²) >= 11 is 0. The molecule has 1 amide bonds. The van der Waals surface area contributed by atoms with E-state index in [0.29, 0.717) is 17.4 Å². The van der Waals surface area contributed by atoms with Crippen LogP contribution in [-0.2, 0) is 11.2 Å². The van der Waals surface area contributed by atoms with E-state index < -0.39 is 4.92 Å². The van der Waals surface area contributed by atoms with Crippen molar-refractivity contribution >= 4 is 11.6 Å². The van der Waals surface area contributed by atoms with Gasteiger partial charge in [0.05, 0.1) is 11.3 Å². The monoisotopic (exact) mass is 290 g/mol. The van der Waals surface area contributed by atoms with Crippen molar-refractivity contribution in [3.63, 3.8) is 0 Å². The molecule has 0 aromatic heterocycles. The maximum atomic E-state index is 12.2. The number of hydrogen-bond donors (Lipinski definition) is 1. The van der Waals surface area contributed by atoms with E-state index in [1.54, 1.807) is 18.2 Å². The maximum Gasteiger partial charge on any atom is 0.273 e. The number of nitro benzene ring substituents is 1. The highest BCUT2D eigenvalue weighted by Gasteiger charge is 2.28. The first-order valence-electron chi connectivity index (χ1n) is 7.50. The predicted molar refractivity (Wildman–Crippen MR) is 80.9 cm³/mol. The Hall–Kier alpha value is -1.91. The maximum absolute atomic E-state index is 12.2. The van der Waals surface area contributed by atoms with Crippen LogP contribution in [-0.4, -0.2) is 16.9 Å². The molecule has 1 N–H and O–H groups in total. The zero-order chi connectivity index (χ0) is 15.4. The van der Waals surface area contributed by atoms with Gasteiger partial charge in [0.2, 0.25) is 5.91 Å². The molecular weight excluding hydrogens is 268 g/mol. The Kier molecular flexibility index (Phi) is 4.94. The first-order valence-corrected chi connectivity index (χ1v) is 7.50. The zero-order valence-electron chi connectivity index (χ0n) is 12.5. The van der Waals surface area contributed by atoms with Crippen LogP contribution in [0, 0.1) is 22.0 Å². The van der Waals surface area contributed by atoms with Gasteiger partial charge in [-0.3, -0.25) is 14.9 Å². The summed E-state index contributed by atoms with van der Waals surface area (Å²) < 4.78 is 0. The van der Waals surface area contributed by atoms with E-state index in [2.05, 4.69) is 19.2 Å². The number of benzene rings is 1. The number of carbonyl (C=O) groups is 1. The Balaban J connectivity index is 2.00. The van der Waals surface area contributed by atoms with Crippen LogP contribution in [0.4, 0.5) is 5.69 Å². The van der Waals surface area contributed by atoms with Crippen molar-refractivity contribution in [2.24, 2.45) is 11.8 Å². The van der Waals surface area contributed by atoms with Crippen molar-refractivity contribution in [1.82, 2.24) is 5.32 Å². The lowest BCUT2D eigenvalue weighted by molar-refractivity contribution is -0.385. The molecule has 1 saturated carbocycles. The van der Waals surface area contributed by atoms with Gasteiger partial charge < -0.3 is 5.32 Å². The second-order valence-electron chi connectivity index (χ2n) is 6.00. The van der Waals surface area contributed by atoms with E-state index in [1.807, 2.05) is 0 Å². The van der Waals surface area contributed by atoms with E-state index >= 15 is 0 Å². The van der Waals surface area contributed by atoms with E-state index in [4.69, 9.17) is 0 Å². The Labute approximate surface area is 124 Å². The van der Waals surface area contributed by atoms with Crippen molar-refractivity contribution in [1.29, 1.82) is 0 Å². The second-order valence-corrected chi connectivity index (χ2v) is 6.00. The summed E-state index contributed by atoms with van der Waals surface area (Å²) in [6.07, 6.45) is 3.39. The highest BCUT2D eigenvalue weighted by atomic mass is 16.6. The molecule has 0 saturated heterocycles. The van der Waals surface area contributed by atoms with Crippen molar-refractivity contribution in [3.8, 4) is 0 Å². The van der Waals surface area contributed by atoms with E-state index in [0.717, 1.165) is 12.8 Å². The Morgan fingerprint density at radius 3 is 2.76 bits per heavy atom. The predicted octanol–water partition coefficient (Wildman–Crippen LogP) is 3.08. The molecule has 21 heavy (non-hydrogen) atoms. The summed E-state index contributed by atoms with van der Waals surface area (Å²) in [7, 11) is 0. The summed E-state index contributed by atoms with van der Waals surface area (Å²) in [5.74, 6) is 0.929. The van der Waals surface area contributed by atoms with Gasteiger partial charge in [-0.2, -0.15) is 0 Å². The lowest BCUT2D eigenvalue weighted by Gasteiger charge is -2.34. The normalized spacial score (nSPS) is 25.3. The van der Waals surface area contributed by atoms with Crippen LogP contribution >= 0.6 is 0 Å². The molecule has 5 nitrogen and oxygen atoms in total. The standard InChI is InChI=1S/C16H22N2O3/c1-11-6-5-8-14(12(11)2)17-16(19)10-13-7-3-4-9-15(13)18(20)21/h3-4,7,9,11-12,14H,5-6,8,10H2,1-2H3,(H,17,19). The van der Waals surface area contributed by atoms with Gasteiger partial charge >= 0.3 is 0 Å². The number of carbonyl (C=O) groups excluding carboxylic acids is 1. The van der Waals surface area contributed by atoms with E-state index in [-0.39, 0.29) is 24.1 Å². The molecule has 1 fully saturated rings. The first kappa shape index (κ1) is 15.5. The summed E-state index contributed by atoms with van der Waals surface area (Å²) in [5, 5.41) is 14.0. The van der Waals surface area contributed by atoms with Gasteiger partial charge in [0.25, 0.3) is 5.69 Å². The molecule has 3 unspecified atom stereocenters. The number of amides is 1. The van der Waals surface area contributed by atoms with E-state index in [9.17, 15) is 14.9 Å². The average Bonchev–Trinajstić information content (AvgIpc) is 2.44. The number of hydrogen-bond acceptors (Lipinski definition) is 3. The van der Waals surface area contributed by atoms with Crippen LogP contribution in [0.1, 0.15) is 38.7 Å². The van der Waals surface area contributed by atoms with Crippen molar-refractivity contribution in [2.45, 2.75) is 45.6 Å². The highest BCUT2D eigenvalue weighted by molar-refractivity contribution is 5.80. The number of nitro groups is 1. The highest BCUT2D eigenvalue weighted by Crippen LogP contribution is 2.29. The number of nitrogens with one attached hydrogen (secondary N) is 1. The van der Waals surface area contributed by atoms with Crippen molar-refractivity contribution in [2.75, 3.05) is 0 Å². The molecule has 1 aliphatic rings. The van der Waals surface area contributed by atoms with Crippen LogP contribution in [0.2, 0.25) is 0 Å². The molecule has 1 aromatic carbocycles. The van der Waals surface area contributed by atoms with Crippen LogP contribution in [0.3, 0.4) is 0 Å². The van der Waals surface area contributed by atoms with Crippen LogP contribution in [0.25, 0.3) is 0 Å². The number of nitrogens with zero attached hydrogens (tertiary/aromatic N) is 1. The average molecular weight is 290 g/mol. The van der Waals surface area contributed by atoms with Crippen molar-refractivity contribution in [3.05, 3.63) is 39.9 Å². The van der Waals surface area contributed by atoms with Gasteiger partial charge in [0, 0.05) is 17.7 Å². The number of para-hydroxylation sites is 1. The van der Waals surface area contributed by atoms with Gasteiger partial charge in [-0.05, 0) is 18.3 Å². The minimum Gasteiger partial charge on any atom is -0.353 e. The van der Waals surface area contributed by atoms with Gasteiger partial charge in [-0.15, -0.1) is 0 Å². The molecule has 0 aliphatic heterocycles. The zero-order valence-corrected chi connectivity index (χ0v) is 12.5. The van der Waals surface area contributed by atoms with Crippen LogP contribution in [0.15, 0.2) is 24.3 Å². The van der Waals surface area contributed by atoms with Crippen molar-refractivity contribution < 1.29 is 9.72 Å². The fourth-order valence-electron chi connectivity index (χ4n) is 3.05. The molecule has 114 valence electrons. The molecule has 2 rings (SSSR count). The third-order valence-corrected chi connectivity index (χ3v) is 4.59. The number of rotatable bonds is 4. The Bertz CT molecular complexity index is 530. The molecule has 1 aliphatic carbocycles. The molecule has 5 heteroatoms. The smallest absolute Gasteiger partial charge is 0.273 e. The largest absolute Gasteiger partial charge is 0.353 e. The first-order chi connectivity index (χ1) is 9.99. The molecule has 0 bridgehead atoms. The molecule has 0 spiro atoms. The Morgan fingerprint density at radius 2 is 2.05 bits per heavy atom. The van der Waals surface area contributed by atoms with Crippen LogP contribution in [0.5, 0.6) is 0 Å². The molecule has 0 heterocycles. The van der Waals surface area contributed by atoms with Crippen LogP contribution < -0.4 is 5.32 Å². The minimum absolute atomic E-state index is 0.0118. The van der Waals surface area contributed by atoms with E-state index in [1.165, 1.54) is 12.5 Å². The van der Waals surface area contributed by atoms with Gasteiger partial charge in [0.15, 0.2) is 0 Å². The Morgan fingerprint density at radius 1 is 1.33 bits per heavy atom. The topological polar surface area (TPSA) is 72.2 Å².